The number of hydrogen-bond donors (Lipinski definition) is 2. The molecule has 0 saturated carbocycles. The van der Waals surface area contributed by atoms with Crippen LogP contribution in [0.15, 0.2) is 23.1 Å². The average molecular weight is 394 g/mol. The Morgan fingerprint density at radius 1 is 1.48 bits per heavy atom. The third-order valence-electron chi connectivity index (χ3n) is 4.66. The number of amides is 1. The molecule has 148 valence electrons. The van der Waals surface area contributed by atoms with E-state index < -0.39 is 10.0 Å². The number of terminal acetylenes is 1. The van der Waals surface area contributed by atoms with Crippen molar-refractivity contribution in [2.24, 2.45) is 5.92 Å². The molecule has 2 atom stereocenters. The zero-order valence-corrected chi connectivity index (χ0v) is 16.8. The van der Waals surface area contributed by atoms with Crippen molar-refractivity contribution in [2.75, 3.05) is 25.5 Å². The lowest BCUT2D eigenvalue weighted by Gasteiger charge is -2.16. The van der Waals surface area contributed by atoms with Gasteiger partial charge in [0.1, 0.15) is 10.6 Å². The Hall–Kier alpha value is -2.24. The highest BCUT2D eigenvalue weighted by molar-refractivity contribution is 7.89. The van der Waals surface area contributed by atoms with Gasteiger partial charge >= 0.3 is 0 Å². The minimum absolute atomic E-state index is 0.00880. The van der Waals surface area contributed by atoms with E-state index in [-0.39, 0.29) is 28.5 Å². The molecule has 2 N–H and O–H groups in total. The van der Waals surface area contributed by atoms with E-state index in [1.54, 1.807) is 11.0 Å². The fourth-order valence-electron chi connectivity index (χ4n) is 2.89. The highest BCUT2D eigenvalue weighted by Crippen LogP contribution is 2.28. The van der Waals surface area contributed by atoms with Gasteiger partial charge in [0.25, 0.3) is 0 Å². The molecule has 27 heavy (non-hydrogen) atoms. The lowest BCUT2D eigenvalue weighted by atomic mass is 10.1. The largest absolute Gasteiger partial charge is 0.495 e. The summed E-state index contributed by atoms with van der Waals surface area (Å²) in [6.45, 7) is 5.12. The first-order chi connectivity index (χ1) is 12.8. The molecule has 7 nitrogen and oxygen atoms in total. The maximum atomic E-state index is 12.9. The monoisotopic (exact) mass is 393 g/mol. The molecule has 1 heterocycles. The van der Waals surface area contributed by atoms with Crippen molar-refractivity contribution in [3.63, 3.8) is 0 Å². The zero-order valence-electron chi connectivity index (χ0n) is 16.0. The lowest BCUT2D eigenvalue weighted by molar-refractivity contribution is -0.117. The minimum atomic E-state index is -3.83. The summed E-state index contributed by atoms with van der Waals surface area (Å²) < 4.78 is 33.6. The van der Waals surface area contributed by atoms with Crippen molar-refractivity contribution in [2.45, 2.75) is 44.0 Å². The second-order valence-corrected chi connectivity index (χ2v) is 8.50. The summed E-state index contributed by atoms with van der Waals surface area (Å²) in [7, 11) is -2.42. The maximum Gasteiger partial charge on any atom is 0.244 e. The molecule has 2 rings (SSSR count). The Balaban J connectivity index is 2.19. The van der Waals surface area contributed by atoms with Gasteiger partial charge in [0.05, 0.1) is 7.11 Å². The first-order valence-electron chi connectivity index (χ1n) is 9.00. The SMILES string of the molecule is C#CN1CC[C@@H](NS(=O)(=O)c2cc(NC(=O)CC(C)CC)ccc2OC)C1. The van der Waals surface area contributed by atoms with Crippen molar-refractivity contribution < 1.29 is 17.9 Å². The van der Waals surface area contributed by atoms with Gasteiger partial charge in [-0.2, -0.15) is 0 Å². The second-order valence-electron chi connectivity index (χ2n) is 6.81. The highest BCUT2D eigenvalue weighted by Gasteiger charge is 2.28. The summed E-state index contributed by atoms with van der Waals surface area (Å²) in [6.07, 6.45) is 7.28. The number of nitrogens with one attached hydrogen (secondary N) is 2. The van der Waals surface area contributed by atoms with Crippen LogP contribution in [0.4, 0.5) is 5.69 Å². The standard InChI is InChI=1S/C19H27N3O4S/c1-5-14(3)11-19(23)20-15-7-8-17(26-4)18(12-15)27(24,25)21-16-9-10-22(6-2)13-16/h2,7-8,12,14,16,21H,5,9-11,13H2,1,3-4H3,(H,20,23)/t14?,16-/m1/s1. The van der Waals surface area contributed by atoms with Gasteiger partial charge in [-0.15, -0.1) is 0 Å². The van der Waals surface area contributed by atoms with Crippen molar-refractivity contribution >= 4 is 21.6 Å². The normalized spacial score (nSPS) is 18.0. The van der Waals surface area contributed by atoms with E-state index in [1.807, 2.05) is 13.8 Å². The molecule has 8 heteroatoms. The lowest BCUT2D eigenvalue weighted by Crippen LogP contribution is -2.36. The molecule has 1 amide bonds. The molecule has 0 aromatic heterocycles. The highest BCUT2D eigenvalue weighted by atomic mass is 32.2. The third-order valence-corrected chi connectivity index (χ3v) is 6.20. The van der Waals surface area contributed by atoms with Gasteiger partial charge in [-0.25, -0.2) is 13.1 Å². The molecule has 1 aliphatic heterocycles. The molecule has 0 radical (unpaired) electrons. The van der Waals surface area contributed by atoms with Crippen LogP contribution in [0.5, 0.6) is 5.75 Å². The molecule has 1 unspecified atom stereocenters. The summed E-state index contributed by atoms with van der Waals surface area (Å²) in [6, 6.07) is 6.84. The van der Waals surface area contributed by atoms with E-state index in [4.69, 9.17) is 11.2 Å². The van der Waals surface area contributed by atoms with Crippen LogP contribution in [0.2, 0.25) is 0 Å². The Kier molecular flexibility index (Phi) is 7.11. The Morgan fingerprint density at radius 2 is 2.22 bits per heavy atom. The van der Waals surface area contributed by atoms with Crippen LogP contribution in [-0.2, 0) is 14.8 Å². The Morgan fingerprint density at radius 3 is 2.81 bits per heavy atom. The van der Waals surface area contributed by atoms with E-state index in [2.05, 4.69) is 16.1 Å². The molecular weight excluding hydrogens is 366 g/mol. The van der Waals surface area contributed by atoms with Crippen molar-refractivity contribution in [3.05, 3.63) is 18.2 Å². The van der Waals surface area contributed by atoms with Crippen LogP contribution >= 0.6 is 0 Å². The number of anilines is 1. The first-order valence-corrected chi connectivity index (χ1v) is 10.5. The predicted octanol–water partition coefficient (Wildman–Crippen LogP) is 2.01. The maximum absolute atomic E-state index is 12.9. The average Bonchev–Trinajstić information content (AvgIpc) is 3.08. The molecule has 1 fully saturated rings. The summed E-state index contributed by atoms with van der Waals surface area (Å²) in [4.78, 5) is 13.8. The van der Waals surface area contributed by atoms with E-state index in [0.717, 1.165) is 6.42 Å². The van der Waals surface area contributed by atoms with Crippen LogP contribution in [0.1, 0.15) is 33.1 Å². The Labute approximate surface area is 161 Å². The number of sulfonamides is 1. The number of benzene rings is 1. The van der Waals surface area contributed by atoms with Crippen molar-refractivity contribution in [3.8, 4) is 18.2 Å². The number of carbonyl (C=O) groups is 1. The number of ether oxygens (including phenoxy) is 1. The van der Waals surface area contributed by atoms with Crippen molar-refractivity contribution in [1.29, 1.82) is 0 Å². The fourth-order valence-corrected chi connectivity index (χ4v) is 4.35. The number of carbonyl (C=O) groups excluding carboxylic acids is 1. The van der Waals surface area contributed by atoms with E-state index in [9.17, 15) is 13.2 Å². The van der Waals surface area contributed by atoms with Gasteiger partial charge in [-0.05, 0) is 30.5 Å². The van der Waals surface area contributed by atoms with Gasteiger partial charge in [0.15, 0.2) is 0 Å². The summed E-state index contributed by atoms with van der Waals surface area (Å²) in [5.74, 6) is 0.329. The Bertz CT molecular complexity index is 817. The minimum Gasteiger partial charge on any atom is -0.495 e. The number of hydrogen-bond acceptors (Lipinski definition) is 5. The number of methoxy groups -OCH3 is 1. The van der Waals surface area contributed by atoms with Crippen LogP contribution in [0.25, 0.3) is 0 Å². The molecule has 0 aliphatic carbocycles. The number of nitrogens with zero attached hydrogens (tertiary/aromatic N) is 1. The van der Waals surface area contributed by atoms with Gasteiger partial charge in [0, 0.05) is 37.3 Å². The predicted molar refractivity (Wildman–Crippen MR) is 105 cm³/mol. The molecule has 1 aromatic carbocycles. The van der Waals surface area contributed by atoms with E-state index >= 15 is 0 Å². The van der Waals surface area contributed by atoms with Gasteiger partial charge in [-0.1, -0.05) is 26.7 Å². The number of likely N-dealkylation sites (tertiary alicyclic amines) is 1. The molecular formula is C19H27N3O4S. The van der Waals surface area contributed by atoms with Gasteiger partial charge < -0.3 is 15.0 Å². The first kappa shape index (κ1) is 21.1. The summed E-state index contributed by atoms with van der Waals surface area (Å²) in [5.41, 5.74) is 0.418. The van der Waals surface area contributed by atoms with E-state index in [0.29, 0.717) is 31.6 Å². The topological polar surface area (TPSA) is 87.7 Å². The number of rotatable bonds is 8. The zero-order chi connectivity index (χ0) is 20.0. The fraction of sp³-hybridized carbons (Fsp3) is 0.526. The molecule has 1 saturated heterocycles. The van der Waals surface area contributed by atoms with Gasteiger partial charge in [0.2, 0.25) is 15.9 Å². The van der Waals surface area contributed by atoms with Gasteiger partial charge in [-0.3, -0.25) is 4.79 Å². The summed E-state index contributed by atoms with van der Waals surface area (Å²) in [5, 5.41) is 2.76. The smallest absolute Gasteiger partial charge is 0.244 e. The van der Waals surface area contributed by atoms with Crippen LogP contribution in [-0.4, -0.2) is 45.5 Å². The summed E-state index contributed by atoms with van der Waals surface area (Å²) >= 11 is 0. The third kappa shape index (κ3) is 5.62. The molecule has 0 bridgehead atoms. The van der Waals surface area contributed by atoms with Crippen LogP contribution in [0.3, 0.4) is 0 Å². The van der Waals surface area contributed by atoms with E-state index in [1.165, 1.54) is 19.2 Å². The van der Waals surface area contributed by atoms with Crippen LogP contribution in [0, 0.1) is 18.4 Å². The molecule has 1 aliphatic rings. The quantitative estimate of drug-likeness (QED) is 0.660. The van der Waals surface area contributed by atoms with Crippen molar-refractivity contribution in [1.82, 2.24) is 9.62 Å². The molecule has 0 spiro atoms. The second kappa shape index (κ2) is 9.11. The molecule has 1 aromatic rings. The van der Waals surface area contributed by atoms with Crippen LogP contribution < -0.4 is 14.8 Å².